The van der Waals surface area contributed by atoms with Crippen molar-refractivity contribution in [2.75, 3.05) is 5.32 Å². The van der Waals surface area contributed by atoms with Gasteiger partial charge in [-0.2, -0.15) is 0 Å². The van der Waals surface area contributed by atoms with Gasteiger partial charge in [-0.3, -0.25) is 14.2 Å². The van der Waals surface area contributed by atoms with Crippen molar-refractivity contribution in [3.63, 3.8) is 0 Å². The molecule has 24 heavy (non-hydrogen) atoms. The molecule has 6 nitrogen and oxygen atoms in total. The monoisotopic (exact) mass is 323 g/mol. The van der Waals surface area contributed by atoms with Gasteiger partial charge in [-0.05, 0) is 38.1 Å². The van der Waals surface area contributed by atoms with Crippen molar-refractivity contribution in [1.82, 2.24) is 9.55 Å². The number of carbonyl (C=O) groups excluding carboxylic acids is 1. The largest absolute Gasteiger partial charge is 0.458 e. The van der Waals surface area contributed by atoms with Crippen LogP contribution < -0.4 is 10.9 Å². The third kappa shape index (κ3) is 2.99. The van der Waals surface area contributed by atoms with Gasteiger partial charge >= 0.3 is 0 Å². The Kier molecular flexibility index (Phi) is 4.29. The first kappa shape index (κ1) is 15.7. The third-order valence-electron chi connectivity index (χ3n) is 3.61. The first-order chi connectivity index (χ1) is 11.6. The van der Waals surface area contributed by atoms with Gasteiger partial charge in [-0.25, -0.2) is 4.98 Å². The van der Waals surface area contributed by atoms with E-state index >= 15 is 0 Å². The van der Waals surface area contributed by atoms with Crippen molar-refractivity contribution in [2.45, 2.75) is 20.4 Å². The first-order valence-electron chi connectivity index (χ1n) is 7.63. The highest BCUT2D eigenvalue weighted by Crippen LogP contribution is 2.19. The summed E-state index contributed by atoms with van der Waals surface area (Å²) in [7, 11) is 0. The maximum Gasteiger partial charge on any atom is 0.277 e. The van der Waals surface area contributed by atoms with Gasteiger partial charge in [0.05, 0.1) is 6.20 Å². The summed E-state index contributed by atoms with van der Waals surface area (Å²) in [5, 5.41) is 2.62. The fourth-order valence-corrected chi connectivity index (χ4v) is 2.41. The van der Waals surface area contributed by atoms with E-state index in [1.807, 2.05) is 26.0 Å². The third-order valence-corrected chi connectivity index (χ3v) is 3.61. The van der Waals surface area contributed by atoms with Crippen LogP contribution >= 0.6 is 0 Å². The van der Waals surface area contributed by atoms with Gasteiger partial charge in [-0.15, -0.1) is 0 Å². The zero-order valence-corrected chi connectivity index (χ0v) is 13.4. The van der Waals surface area contributed by atoms with Crippen LogP contribution in [0, 0.1) is 6.92 Å². The van der Waals surface area contributed by atoms with Crippen LogP contribution in [0.1, 0.15) is 23.0 Å². The molecule has 0 atom stereocenters. The highest BCUT2D eigenvalue weighted by atomic mass is 16.3. The molecule has 2 aromatic heterocycles. The molecule has 3 rings (SSSR count). The van der Waals surface area contributed by atoms with E-state index in [-0.39, 0.29) is 17.2 Å². The number of furan rings is 1. The van der Waals surface area contributed by atoms with E-state index in [0.717, 1.165) is 5.76 Å². The summed E-state index contributed by atoms with van der Waals surface area (Å²) in [5.41, 5.74) is 0.296. The van der Waals surface area contributed by atoms with Crippen molar-refractivity contribution in [3.8, 4) is 11.6 Å². The summed E-state index contributed by atoms with van der Waals surface area (Å²) in [5.74, 6) is 1.35. The number of aromatic nitrogens is 2. The van der Waals surface area contributed by atoms with Gasteiger partial charge in [0.25, 0.3) is 11.5 Å². The van der Waals surface area contributed by atoms with Crippen LogP contribution in [0.2, 0.25) is 0 Å². The Bertz CT molecular complexity index is 926. The Balaban J connectivity index is 1.96. The maximum atomic E-state index is 12.6. The van der Waals surface area contributed by atoms with Crippen LogP contribution in [0.25, 0.3) is 11.6 Å². The number of hydrogen-bond acceptors (Lipinski definition) is 4. The molecule has 0 saturated carbocycles. The number of aryl methyl sites for hydroxylation is 1. The minimum atomic E-state index is -0.348. The standard InChI is InChI=1S/C18H17N3O3/c1-3-21-16(15-10-9-12(2)24-15)19-11-14(18(21)23)20-17(22)13-7-5-4-6-8-13/h4-11H,3H2,1-2H3,(H,20,22). The molecule has 0 radical (unpaired) electrons. The second-order valence-electron chi connectivity index (χ2n) is 5.28. The van der Waals surface area contributed by atoms with Gasteiger partial charge in [0.1, 0.15) is 11.4 Å². The molecular formula is C18H17N3O3. The number of nitrogens with zero attached hydrogens (tertiary/aromatic N) is 2. The second kappa shape index (κ2) is 6.54. The van der Waals surface area contributed by atoms with Crippen LogP contribution in [-0.2, 0) is 6.54 Å². The zero-order chi connectivity index (χ0) is 17.1. The molecule has 1 aromatic carbocycles. The van der Waals surface area contributed by atoms with Gasteiger partial charge in [0.2, 0.25) is 0 Å². The van der Waals surface area contributed by atoms with E-state index in [1.54, 1.807) is 30.3 Å². The lowest BCUT2D eigenvalue weighted by atomic mass is 10.2. The molecule has 2 heterocycles. The molecule has 1 N–H and O–H groups in total. The Labute approximate surface area is 138 Å². The molecule has 0 aliphatic carbocycles. The predicted molar refractivity (Wildman–Crippen MR) is 91.0 cm³/mol. The summed E-state index contributed by atoms with van der Waals surface area (Å²) in [6.45, 7) is 4.08. The molecule has 0 saturated heterocycles. The lowest BCUT2D eigenvalue weighted by molar-refractivity contribution is 0.102. The highest BCUT2D eigenvalue weighted by Gasteiger charge is 2.15. The summed E-state index contributed by atoms with van der Waals surface area (Å²) in [4.78, 5) is 29.1. The number of carbonyl (C=O) groups is 1. The van der Waals surface area contributed by atoms with Crippen molar-refractivity contribution < 1.29 is 9.21 Å². The van der Waals surface area contributed by atoms with Crippen molar-refractivity contribution in [3.05, 3.63) is 70.3 Å². The molecule has 0 fully saturated rings. The number of rotatable bonds is 4. The van der Waals surface area contributed by atoms with E-state index in [9.17, 15) is 9.59 Å². The van der Waals surface area contributed by atoms with Crippen LogP contribution in [0.4, 0.5) is 5.69 Å². The van der Waals surface area contributed by atoms with E-state index in [0.29, 0.717) is 23.7 Å². The highest BCUT2D eigenvalue weighted by molar-refractivity contribution is 6.04. The molecule has 0 aliphatic rings. The number of amides is 1. The number of nitrogens with one attached hydrogen (secondary N) is 1. The number of anilines is 1. The normalized spacial score (nSPS) is 10.6. The second-order valence-corrected chi connectivity index (χ2v) is 5.28. The minimum Gasteiger partial charge on any atom is -0.458 e. The molecule has 0 unspecified atom stereocenters. The van der Waals surface area contributed by atoms with Crippen LogP contribution in [0.15, 0.2) is 57.9 Å². The molecule has 1 amide bonds. The summed E-state index contributed by atoms with van der Waals surface area (Å²) < 4.78 is 7.02. The quantitative estimate of drug-likeness (QED) is 0.800. The summed E-state index contributed by atoms with van der Waals surface area (Å²) in [6, 6.07) is 12.3. The number of hydrogen-bond donors (Lipinski definition) is 1. The first-order valence-corrected chi connectivity index (χ1v) is 7.63. The van der Waals surface area contributed by atoms with E-state index in [4.69, 9.17) is 4.42 Å². The average molecular weight is 323 g/mol. The summed E-state index contributed by atoms with van der Waals surface area (Å²) in [6.07, 6.45) is 1.36. The van der Waals surface area contributed by atoms with Crippen molar-refractivity contribution in [1.29, 1.82) is 0 Å². The van der Waals surface area contributed by atoms with Crippen LogP contribution in [-0.4, -0.2) is 15.5 Å². The lowest BCUT2D eigenvalue weighted by Crippen LogP contribution is -2.27. The van der Waals surface area contributed by atoms with E-state index in [2.05, 4.69) is 10.3 Å². The Morgan fingerprint density at radius 1 is 1.21 bits per heavy atom. The minimum absolute atomic E-state index is 0.137. The molecule has 122 valence electrons. The zero-order valence-electron chi connectivity index (χ0n) is 13.4. The molecule has 3 aromatic rings. The fourth-order valence-electron chi connectivity index (χ4n) is 2.41. The van der Waals surface area contributed by atoms with E-state index in [1.165, 1.54) is 10.8 Å². The fraction of sp³-hybridized carbons (Fsp3) is 0.167. The maximum absolute atomic E-state index is 12.6. The van der Waals surface area contributed by atoms with Crippen LogP contribution in [0.3, 0.4) is 0 Å². The van der Waals surface area contributed by atoms with Gasteiger partial charge in [-0.1, -0.05) is 18.2 Å². The predicted octanol–water partition coefficient (Wildman–Crippen LogP) is 3.08. The topological polar surface area (TPSA) is 77.1 Å². The van der Waals surface area contributed by atoms with E-state index < -0.39 is 0 Å². The average Bonchev–Trinajstić information content (AvgIpc) is 3.03. The van der Waals surface area contributed by atoms with Gasteiger partial charge in [0.15, 0.2) is 11.6 Å². The molecular weight excluding hydrogens is 306 g/mol. The molecule has 0 aliphatic heterocycles. The van der Waals surface area contributed by atoms with Crippen molar-refractivity contribution >= 4 is 11.6 Å². The Hall–Kier alpha value is -3.15. The van der Waals surface area contributed by atoms with Gasteiger partial charge < -0.3 is 9.73 Å². The van der Waals surface area contributed by atoms with Gasteiger partial charge in [0, 0.05) is 12.1 Å². The molecule has 0 bridgehead atoms. The lowest BCUT2D eigenvalue weighted by Gasteiger charge is -2.11. The summed E-state index contributed by atoms with van der Waals surface area (Å²) >= 11 is 0. The smallest absolute Gasteiger partial charge is 0.277 e. The Morgan fingerprint density at radius 2 is 1.96 bits per heavy atom. The SMILES string of the molecule is CCn1c(-c2ccc(C)o2)ncc(NC(=O)c2ccccc2)c1=O. The molecule has 0 spiro atoms. The number of benzene rings is 1. The van der Waals surface area contributed by atoms with Crippen molar-refractivity contribution in [2.24, 2.45) is 0 Å². The molecule has 6 heteroatoms. The Morgan fingerprint density at radius 3 is 2.58 bits per heavy atom. The van der Waals surface area contributed by atoms with Crippen LogP contribution in [0.5, 0.6) is 0 Å².